The van der Waals surface area contributed by atoms with Crippen LogP contribution in [0.4, 0.5) is 5.69 Å². The van der Waals surface area contributed by atoms with Crippen LogP contribution < -0.4 is 10.2 Å². The molecule has 1 heterocycles. The molecule has 0 atom stereocenters. The van der Waals surface area contributed by atoms with Crippen molar-refractivity contribution in [2.75, 3.05) is 11.9 Å². The average Bonchev–Trinajstić information content (AvgIpc) is 2.72. The highest BCUT2D eigenvalue weighted by Crippen LogP contribution is 2.15. The van der Waals surface area contributed by atoms with Gasteiger partial charge in [0.25, 0.3) is 11.8 Å². The first-order chi connectivity index (χ1) is 12.6. The molecule has 0 saturated heterocycles. The summed E-state index contributed by atoms with van der Waals surface area (Å²) in [6, 6.07) is 19.8. The smallest absolute Gasteiger partial charge is 0.258 e. The summed E-state index contributed by atoms with van der Waals surface area (Å²) in [6.07, 6.45) is 3.36. The van der Waals surface area contributed by atoms with Gasteiger partial charge in [-0.15, -0.1) is 0 Å². The Kier molecular flexibility index (Phi) is 5.39. The monoisotopic (exact) mass is 345 g/mol. The summed E-state index contributed by atoms with van der Waals surface area (Å²) in [5.74, 6) is -0.390. The normalized spacial score (nSPS) is 10.2. The Morgan fingerprint density at radius 2 is 1.62 bits per heavy atom. The molecule has 5 nitrogen and oxygen atoms in total. The summed E-state index contributed by atoms with van der Waals surface area (Å²) < 4.78 is 0. The lowest BCUT2D eigenvalue weighted by molar-refractivity contribution is 0.0951. The van der Waals surface area contributed by atoms with E-state index in [9.17, 15) is 9.59 Å². The Labute approximate surface area is 152 Å². The molecular weight excluding hydrogens is 326 g/mol. The lowest BCUT2D eigenvalue weighted by atomic mass is 10.1. The van der Waals surface area contributed by atoms with Gasteiger partial charge in [0.15, 0.2) is 0 Å². The molecule has 0 unspecified atom stereocenters. The van der Waals surface area contributed by atoms with Crippen LogP contribution in [0.1, 0.15) is 26.3 Å². The first-order valence-corrected chi connectivity index (χ1v) is 8.25. The van der Waals surface area contributed by atoms with Gasteiger partial charge in [-0.1, -0.05) is 24.3 Å². The van der Waals surface area contributed by atoms with Gasteiger partial charge in [0.2, 0.25) is 0 Å². The molecular formula is C21H19N3O2. The fourth-order valence-electron chi connectivity index (χ4n) is 2.54. The van der Waals surface area contributed by atoms with Gasteiger partial charge in [0.05, 0.1) is 0 Å². The van der Waals surface area contributed by atoms with Gasteiger partial charge >= 0.3 is 0 Å². The minimum atomic E-state index is -0.223. The van der Waals surface area contributed by atoms with Gasteiger partial charge in [-0.2, -0.15) is 0 Å². The molecule has 1 N–H and O–H groups in total. The Bertz CT molecular complexity index is 895. The molecule has 0 saturated carbocycles. The number of benzene rings is 2. The van der Waals surface area contributed by atoms with E-state index in [1.807, 2.05) is 42.5 Å². The van der Waals surface area contributed by atoms with Gasteiger partial charge in [0.1, 0.15) is 0 Å². The molecule has 0 bridgehead atoms. The van der Waals surface area contributed by atoms with Gasteiger partial charge in [-0.3, -0.25) is 14.6 Å². The molecule has 130 valence electrons. The molecule has 3 rings (SSSR count). The third-order valence-electron chi connectivity index (χ3n) is 4.02. The predicted molar refractivity (Wildman–Crippen MR) is 101 cm³/mol. The van der Waals surface area contributed by atoms with Crippen molar-refractivity contribution in [1.82, 2.24) is 10.3 Å². The van der Waals surface area contributed by atoms with Gasteiger partial charge in [-0.25, -0.2) is 0 Å². The standard InChI is InChI=1S/C21H19N3O2/c1-24(19-8-3-2-4-9-19)21(26)18-7-5-6-17(14-18)20(25)23-15-16-10-12-22-13-11-16/h2-14H,15H2,1H3,(H,23,25). The van der Waals surface area contributed by atoms with E-state index in [4.69, 9.17) is 0 Å². The van der Waals surface area contributed by atoms with E-state index < -0.39 is 0 Å². The molecule has 5 heteroatoms. The molecule has 0 aliphatic rings. The van der Waals surface area contributed by atoms with Crippen LogP contribution in [0, 0.1) is 0 Å². The van der Waals surface area contributed by atoms with E-state index >= 15 is 0 Å². The zero-order valence-corrected chi connectivity index (χ0v) is 14.4. The average molecular weight is 345 g/mol. The van der Waals surface area contributed by atoms with Gasteiger partial charge in [0, 0.05) is 42.8 Å². The predicted octanol–water partition coefficient (Wildman–Crippen LogP) is 3.29. The fourth-order valence-corrected chi connectivity index (χ4v) is 2.54. The van der Waals surface area contributed by atoms with Crippen molar-refractivity contribution in [3.05, 3.63) is 95.8 Å². The maximum atomic E-state index is 12.7. The third kappa shape index (κ3) is 4.13. The van der Waals surface area contributed by atoms with Crippen molar-refractivity contribution >= 4 is 17.5 Å². The van der Waals surface area contributed by atoms with Crippen LogP contribution >= 0.6 is 0 Å². The molecule has 0 spiro atoms. The summed E-state index contributed by atoms with van der Waals surface area (Å²) in [7, 11) is 1.72. The van der Waals surface area contributed by atoms with Crippen LogP contribution in [0.2, 0.25) is 0 Å². The molecule has 2 amide bonds. The Morgan fingerprint density at radius 1 is 0.923 bits per heavy atom. The number of aromatic nitrogens is 1. The Hall–Kier alpha value is -3.47. The zero-order valence-electron chi connectivity index (χ0n) is 14.4. The number of amides is 2. The minimum absolute atomic E-state index is 0.167. The number of anilines is 1. The summed E-state index contributed by atoms with van der Waals surface area (Å²) in [5, 5.41) is 2.85. The minimum Gasteiger partial charge on any atom is -0.348 e. The van der Waals surface area contributed by atoms with Crippen LogP contribution in [0.3, 0.4) is 0 Å². The number of hydrogen-bond acceptors (Lipinski definition) is 3. The summed E-state index contributed by atoms with van der Waals surface area (Å²) in [5.41, 5.74) is 2.67. The fraction of sp³-hybridized carbons (Fsp3) is 0.0952. The van der Waals surface area contributed by atoms with Crippen molar-refractivity contribution in [3.63, 3.8) is 0 Å². The molecule has 0 aliphatic heterocycles. The topological polar surface area (TPSA) is 62.3 Å². The van der Waals surface area contributed by atoms with Crippen LogP contribution in [-0.2, 0) is 6.54 Å². The maximum absolute atomic E-state index is 12.7. The van der Waals surface area contributed by atoms with E-state index in [1.165, 1.54) is 0 Å². The van der Waals surface area contributed by atoms with Crippen LogP contribution in [0.5, 0.6) is 0 Å². The van der Waals surface area contributed by atoms with Gasteiger partial charge < -0.3 is 10.2 Å². The van der Waals surface area contributed by atoms with Crippen molar-refractivity contribution in [2.45, 2.75) is 6.54 Å². The van der Waals surface area contributed by atoms with E-state index in [2.05, 4.69) is 10.3 Å². The molecule has 0 aliphatic carbocycles. The molecule has 3 aromatic rings. The van der Waals surface area contributed by atoms with E-state index in [1.54, 1.807) is 48.6 Å². The summed E-state index contributed by atoms with van der Waals surface area (Å²) >= 11 is 0. The largest absolute Gasteiger partial charge is 0.348 e. The van der Waals surface area contributed by atoms with Crippen LogP contribution in [-0.4, -0.2) is 23.8 Å². The number of rotatable bonds is 5. The van der Waals surface area contributed by atoms with Crippen molar-refractivity contribution in [3.8, 4) is 0 Å². The van der Waals surface area contributed by atoms with Crippen molar-refractivity contribution in [1.29, 1.82) is 0 Å². The zero-order chi connectivity index (χ0) is 18.4. The second-order valence-corrected chi connectivity index (χ2v) is 5.82. The highest BCUT2D eigenvalue weighted by molar-refractivity contribution is 6.07. The lowest BCUT2D eigenvalue weighted by Gasteiger charge is -2.17. The first kappa shape index (κ1) is 17.4. The molecule has 26 heavy (non-hydrogen) atoms. The summed E-state index contributed by atoms with van der Waals surface area (Å²) in [6.45, 7) is 0.406. The highest BCUT2D eigenvalue weighted by atomic mass is 16.2. The summed E-state index contributed by atoms with van der Waals surface area (Å²) in [4.78, 5) is 30.6. The van der Waals surface area contributed by atoms with E-state index in [0.29, 0.717) is 17.7 Å². The van der Waals surface area contributed by atoms with Crippen LogP contribution in [0.25, 0.3) is 0 Å². The van der Waals surface area contributed by atoms with Crippen molar-refractivity contribution in [2.24, 2.45) is 0 Å². The molecule has 0 radical (unpaired) electrons. The molecule has 0 fully saturated rings. The number of nitrogens with one attached hydrogen (secondary N) is 1. The SMILES string of the molecule is CN(C(=O)c1cccc(C(=O)NCc2ccncc2)c1)c1ccccc1. The first-order valence-electron chi connectivity index (χ1n) is 8.25. The van der Waals surface area contributed by atoms with E-state index in [-0.39, 0.29) is 11.8 Å². The number of nitrogens with zero attached hydrogens (tertiary/aromatic N) is 2. The number of carbonyl (C=O) groups is 2. The Balaban J connectivity index is 1.71. The van der Waals surface area contributed by atoms with Gasteiger partial charge in [-0.05, 0) is 48.0 Å². The highest BCUT2D eigenvalue weighted by Gasteiger charge is 2.15. The second-order valence-electron chi connectivity index (χ2n) is 5.82. The third-order valence-corrected chi connectivity index (χ3v) is 4.02. The van der Waals surface area contributed by atoms with Crippen molar-refractivity contribution < 1.29 is 9.59 Å². The van der Waals surface area contributed by atoms with E-state index in [0.717, 1.165) is 11.3 Å². The van der Waals surface area contributed by atoms with Crippen LogP contribution in [0.15, 0.2) is 79.1 Å². The molecule has 1 aromatic heterocycles. The second kappa shape index (κ2) is 8.07. The Morgan fingerprint density at radius 3 is 2.35 bits per heavy atom. The number of pyridine rings is 1. The molecule has 2 aromatic carbocycles. The quantitative estimate of drug-likeness (QED) is 0.772. The lowest BCUT2D eigenvalue weighted by Crippen LogP contribution is -2.27. The number of carbonyl (C=O) groups excluding carboxylic acids is 2. The maximum Gasteiger partial charge on any atom is 0.258 e. The number of para-hydroxylation sites is 1. The number of hydrogen-bond donors (Lipinski definition) is 1.